The number of rotatable bonds is 4. The molecule has 2 aliphatic rings. The first-order valence-electron chi connectivity index (χ1n) is 9.07. The average molecular weight is 339 g/mol. The lowest BCUT2D eigenvalue weighted by molar-refractivity contribution is -0.139. The number of carbonyl (C=O) groups is 2. The topological polar surface area (TPSA) is 55.7 Å². The maximum Gasteiger partial charge on any atom is 0.336 e. The molecule has 1 aromatic carbocycles. The number of ether oxygens (including phenoxy) is 1. The third kappa shape index (κ3) is 3.44. The van der Waals surface area contributed by atoms with Crippen molar-refractivity contribution in [1.29, 1.82) is 0 Å². The summed E-state index contributed by atoms with van der Waals surface area (Å²) in [7, 11) is 0. The number of aryl methyl sites for hydroxylation is 1. The Morgan fingerprint density at radius 3 is 2.56 bits per heavy atom. The van der Waals surface area contributed by atoms with Gasteiger partial charge < -0.3 is 4.74 Å². The summed E-state index contributed by atoms with van der Waals surface area (Å²) in [5.74, 6) is -0.774. The molecule has 0 radical (unpaired) electrons. The SMILES string of the molecule is CCCOC(=O)C1=C(C)N=C2CCCC(=O)[C@@H]2[C@H]1c1ccc(C)cc1. The number of hydrogen-bond donors (Lipinski definition) is 0. The molecule has 0 amide bonds. The number of Topliss-reactive ketones (excluding diaryl/α,β-unsaturated/α-hetero) is 1. The van der Waals surface area contributed by atoms with Crippen LogP contribution in [-0.4, -0.2) is 24.1 Å². The lowest BCUT2D eigenvalue weighted by atomic mass is 9.69. The van der Waals surface area contributed by atoms with Crippen LogP contribution in [0.15, 0.2) is 40.5 Å². The van der Waals surface area contributed by atoms with Gasteiger partial charge >= 0.3 is 5.97 Å². The van der Waals surface area contributed by atoms with E-state index < -0.39 is 0 Å². The van der Waals surface area contributed by atoms with Crippen molar-refractivity contribution in [3.8, 4) is 0 Å². The second-order valence-electron chi connectivity index (χ2n) is 6.92. The molecule has 0 spiro atoms. The van der Waals surface area contributed by atoms with Gasteiger partial charge in [0, 0.05) is 23.7 Å². The molecule has 0 aromatic heterocycles. The van der Waals surface area contributed by atoms with Crippen LogP contribution in [0.2, 0.25) is 0 Å². The molecule has 0 N–H and O–H groups in total. The molecule has 1 aromatic rings. The van der Waals surface area contributed by atoms with Crippen molar-refractivity contribution in [3.05, 3.63) is 46.7 Å². The summed E-state index contributed by atoms with van der Waals surface area (Å²) in [6.45, 7) is 6.23. The highest BCUT2D eigenvalue weighted by Crippen LogP contribution is 2.43. The smallest absolute Gasteiger partial charge is 0.336 e. The molecule has 0 saturated heterocycles. The average Bonchev–Trinajstić information content (AvgIpc) is 2.59. The van der Waals surface area contributed by atoms with Crippen LogP contribution in [0.25, 0.3) is 0 Å². The van der Waals surface area contributed by atoms with Crippen molar-refractivity contribution in [2.75, 3.05) is 6.61 Å². The molecular formula is C21H25NO3. The lowest BCUT2D eigenvalue weighted by Crippen LogP contribution is -2.39. The first kappa shape index (κ1) is 17.6. The minimum absolute atomic E-state index is 0.184. The molecule has 4 nitrogen and oxygen atoms in total. The van der Waals surface area contributed by atoms with Gasteiger partial charge in [0.2, 0.25) is 0 Å². The van der Waals surface area contributed by atoms with Crippen LogP contribution in [0.3, 0.4) is 0 Å². The molecule has 1 fully saturated rings. The summed E-state index contributed by atoms with van der Waals surface area (Å²) in [5.41, 5.74) is 4.29. The fourth-order valence-corrected chi connectivity index (χ4v) is 3.79. The van der Waals surface area contributed by atoms with Gasteiger partial charge in [0.15, 0.2) is 0 Å². The third-order valence-electron chi connectivity index (χ3n) is 5.00. The number of hydrogen-bond acceptors (Lipinski definition) is 4. The van der Waals surface area contributed by atoms with Crippen molar-refractivity contribution in [1.82, 2.24) is 0 Å². The summed E-state index contributed by atoms with van der Waals surface area (Å²) in [6.07, 6.45) is 3.00. The highest BCUT2D eigenvalue weighted by Gasteiger charge is 2.43. The summed E-state index contributed by atoms with van der Waals surface area (Å²) in [6, 6.07) is 8.09. The number of esters is 1. The molecule has 25 heavy (non-hydrogen) atoms. The van der Waals surface area contributed by atoms with Gasteiger partial charge in [-0.3, -0.25) is 9.79 Å². The fourth-order valence-electron chi connectivity index (χ4n) is 3.79. The molecule has 4 heteroatoms. The zero-order valence-corrected chi connectivity index (χ0v) is 15.2. The van der Waals surface area contributed by atoms with E-state index in [1.54, 1.807) is 0 Å². The quantitative estimate of drug-likeness (QED) is 0.775. The first-order valence-corrected chi connectivity index (χ1v) is 9.07. The van der Waals surface area contributed by atoms with Gasteiger partial charge in [0.25, 0.3) is 0 Å². The Balaban J connectivity index is 2.09. The van der Waals surface area contributed by atoms with Crippen LogP contribution in [0.5, 0.6) is 0 Å². The number of carbonyl (C=O) groups excluding carboxylic acids is 2. The van der Waals surface area contributed by atoms with Crippen LogP contribution in [0, 0.1) is 12.8 Å². The maximum atomic E-state index is 12.7. The fraction of sp³-hybridized carbons (Fsp3) is 0.476. The number of ketones is 1. The number of benzene rings is 1. The standard InChI is InChI=1S/C21H25NO3/c1-4-12-25-21(24)18-14(3)22-16-6-5-7-17(23)20(16)19(18)15-10-8-13(2)9-11-15/h8-11,19-20H,4-7,12H2,1-3H3/t19-,20+/m0/s1. The monoisotopic (exact) mass is 339 g/mol. The van der Waals surface area contributed by atoms with Gasteiger partial charge in [-0.1, -0.05) is 36.8 Å². The van der Waals surface area contributed by atoms with E-state index in [4.69, 9.17) is 4.74 Å². The number of aliphatic imine (C=N–C) groups is 1. The van der Waals surface area contributed by atoms with Crippen molar-refractivity contribution < 1.29 is 14.3 Å². The van der Waals surface area contributed by atoms with E-state index in [1.807, 2.05) is 45.0 Å². The van der Waals surface area contributed by atoms with Crippen LogP contribution in [-0.2, 0) is 14.3 Å². The Hall–Kier alpha value is -2.23. The lowest BCUT2D eigenvalue weighted by Gasteiger charge is -2.35. The Kier molecular flexibility index (Phi) is 5.16. The molecule has 132 valence electrons. The molecule has 3 rings (SSSR count). The van der Waals surface area contributed by atoms with E-state index in [0.29, 0.717) is 24.3 Å². The van der Waals surface area contributed by atoms with Gasteiger partial charge in [-0.2, -0.15) is 0 Å². The van der Waals surface area contributed by atoms with E-state index in [2.05, 4.69) is 4.99 Å². The van der Waals surface area contributed by atoms with E-state index >= 15 is 0 Å². The number of fused-ring (bicyclic) bond motifs is 1. The molecule has 2 atom stereocenters. The Morgan fingerprint density at radius 1 is 1.16 bits per heavy atom. The zero-order valence-electron chi connectivity index (χ0n) is 15.2. The van der Waals surface area contributed by atoms with Crippen molar-refractivity contribution >= 4 is 17.5 Å². The predicted molar refractivity (Wildman–Crippen MR) is 97.7 cm³/mol. The maximum absolute atomic E-state index is 12.7. The first-order chi connectivity index (χ1) is 12.0. The van der Waals surface area contributed by atoms with Gasteiger partial charge in [-0.25, -0.2) is 4.79 Å². The number of allylic oxidation sites excluding steroid dienone is 1. The minimum Gasteiger partial charge on any atom is -0.462 e. The van der Waals surface area contributed by atoms with Gasteiger partial charge in [-0.15, -0.1) is 0 Å². The molecule has 1 aliphatic heterocycles. The van der Waals surface area contributed by atoms with Crippen molar-refractivity contribution in [3.63, 3.8) is 0 Å². The molecule has 0 unspecified atom stereocenters. The molecule has 1 heterocycles. The normalized spacial score (nSPS) is 23.2. The van der Waals surface area contributed by atoms with Gasteiger partial charge in [0.05, 0.1) is 18.1 Å². The molecule has 1 aliphatic carbocycles. The predicted octanol–water partition coefficient (Wildman–Crippen LogP) is 4.13. The second kappa shape index (κ2) is 7.34. The van der Waals surface area contributed by atoms with E-state index in [1.165, 1.54) is 0 Å². The number of nitrogens with zero attached hydrogens (tertiary/aromatic N) is 1. The van der Waals surface area contributed by atoms with E-state index in [0.717, 1.165) is 36.1 Å². The Morgan fingerprint density at radius 2 is 1.88 bits per heavy atom. The Bertz CT molecular complexity index is 743. The van der Waals surface area contributed by atoms with Crippen molar-refractivity contribution in [2.24, 2.45) is 10.9 Å². The highest BCUT2D eigenvalue weighted by atomic mass is 16.5. The van der Waals surface area contributed by atoms with Crippen LogP contribution >= 0.6 is 0 Å². The van der Waals surface area contributed by atoms with Crippen LogP contribution < -0.4 is 0 Å². The third-order valence-corrected chi connectivity index (χ3v) is 5.00. The summed E-state index contributed by atoms with van der Waals surface area (Å²) < 4.78 is 5.41. The van der Waals surface area contributed by atoms with Crippen LogP contribution in [0.4, 0.5) is 0 Å². The summed E-state index contributed by atoms with van der Waals surface area (Å²) >= 11 is 0. The van der Waals surface area contributed by atoms with Crippen LogP contribution in [0.1, 0.15) is 56.6 Å². The highest BCUT2D eigenvalue weighted by molar-refractivity contribution is 6.11. The molecule has 0 bridgehead atoms. The van der Waals surface area contributed by atoms with Gasteiger partial charge in [0.1, 0.15) is 5.78 Å². The summed E-state index contributed by atoms with van der Waals surface area (Å²) in [5, 5.41) is 0. The van der Waals surface area contributed by atoms with Gasteiger partial charge in [-0.05, 0) is 38.7 Å². The largest absolute Gasteiger partial charge is 0.462 e. The van der Waals surface area contributed by atoms with E-state index in [-0.39, 0.29) is 23.6 Å². The molecule has 1 saturated carbocycles. The second-order valence-corrected chi connectivity index (χ2v) is 6.92. The van der Waals surface area contributed by atoms with Crippen molar-refractivity contribution in [2.45, 2.75) is 52.4 Å². The van der Waals surface area contributed by atoms with E-state index in [9.17, 15) is 9.59 Å². The Labute approximate surface area is 149 Å². The zero-order chi connectivity index (χ0) is 18.0. The molecular weight excluding hydrogens is 314 g/mol. The summed E-state index contributed by atoms with van der Waals surface area (Å²) in [4.78, 5) is 30.1. The minimum atomic E-state index is -0.342.